The minimum absolute atomic E-state index is 0.104. The van der Waals surface area contributed by atoms with Crippen LogP contribution in [0, 0.1) is 0 Å². The number of benzene rings is 1. The molecule has 0 aromatic heterocycles. The van der Waals surface area contributed by atoms with Gasteiger partial charge in [-0.1, -0.05) is 30.3 Å². The molecule has 0 radical (unpaired) electrons. The van der Waals surface area contributed by atoms with Crippen molar-refractivity contribution in [2.75, 3.05) is 0 Å². The molecule has 1 atom stereocenters. The fourth-order valence-electron chi connectivity index (χ4n) is 1.53. The third-order valence-electron chi connectivity index (χ3n) is 2.39. The van der Waals surface area contributed by atoms with Crippen molar-refractivity contribution >= 4 is 23.2 Å². The second-order valence-corrected chi connectivity index (χ2v) is 6.04. The average Bonchev–Trinajstić information content (AvgIpc) is 2.17. The SMILES string of the molecule is CC(C)(Cl)CCCC(Cl)c1ccccc1. The Hall–Kier alpha value is -0.200. The molecule has 15 heavy (non-hydrogen) atoms. The monoisotopic (exact) mass is 244 g/mol. The van der Waals surface area contributed by atoms with Gasteiger partial charge in [0.1, 0.15) is 0 Å². The third kappa shape index (κ3) is 5.44. The Labute approximate surface area is 103 Å². The Morgan fingerprint density at radius 1 is 1.20 bits per heavy atom. The molecule has 0 aliphatic rings. The van der Waals surface area contributed by atoms with Crippen LogP contribution in [0.3, 0.4) is 0 Å². The molecule has 0 nitrogen and oxygen atoms in total. The number of halogens is 2. The first-order valence-electron chi connectivity index (χ1n) is 5.37. The van der Waals surface area contributed by atoms with Crippen LogP contribution in [0.15, 0.2) is 30.3 Å². The summed E-state index contributed by atoms with van der Waals surface area (Å²) in [5.41, 5.74) is 1.20. The van der Waals surface area contributed by atoms with Crippen LogP contribution in [0.25, 0.3) is 0 Å². The number of rotatable bonds is 5. The maximum absolute atomic E-state index is 6.29. The fourth-order valence-corrected chi connectivity index (χ4v) is 1.96. The van der Waals surface area contributed by atoms with Gasteiger partial charge in [-0.2, -0.15) is 0 Å². The predicted octanol–water partition coefficient (Wildman–Crippen LogP) is 5.15. The summed E-state index contributed by atoms with van der Waals surface area (Å²) in [6.45, 7) is 4.08. The van der Waals surface area contributed by atoms with E-state index in [1.165, 1.54) is 5.56 Å². The van der Waals surface area contributed by atoms with Gasteiger partial charge >= 0.3 is 0 Å². The van der Waals surface area contributed by atoms with E-state index < -0.39 is 0 Å². The molecule has 1 unspecified atom stereocenters. The lowest BCUT2D eigenvalue weighted by Crippen LogP contribution is -2.09. The first kappa shape index (κ1) is 12.9. The van der Waals surface area contributed by atoms with Gasteiger partial charge in [-0.05, 0) is 38.7 Å². The molecule has 1 aromatic carbocycles. The summed E-state index contributed by atoms with van der Waals surface area (Å²) in [5.74, 6) is 0. The Bertz CT molecular complexity index is 274. The largest absolute Gasteiger partial charge is 0.120 e. The Morgan fingerprint density at radius 2 is 1.80 bits per heavy atom. The van der Waals surface area contributed by atoms with Crippen LogP contribution in [-0.4, -0.2) is 4.87 Å². The quantitative estimate of drug-likeness (QED) is 0.629. The molecule has 0 amide bonds. The second-order valence-electron chi connectivity index (χ2n) is 4.49. The zero-order valence-electron chi connectivity index (χ0n) is 9.34. The summed E-state index contributed by atoms with van der Waals surface area (Å²) in [5, 5.41) is 0.116. The van der Waals surface area contributed by atoms with Crippen molar-refractivity contribution in [2.24, 2.45) is 0 Å². The molecular weight excluding hydrogens is 227 g/mol. The minimum atomic E-state index is -0.104. The number of alkyl halides is 2. The molecule has 0 aliphatic heterocycles. The summed E-state index contributed by atoms with van der Waals surface area (Å²) >= 11 is 12.4. The highest BCUT2D eigenvalue weighted by atomic mass is 35.5. The molecule has 0 saturated heterocycles. The van der Waals surface area contributed by atoms with Crippen LogP contribution in [0.4, 0.5) is 0 Å². The number of hydrogen-bond donors (Lipinski definition) is 0. The summed E-state index contributed by atoms with van der Waals surface area (Å²) in [4.78, 5) is -0.104. The summed E-state index contributed by atoms with van der Waals surface area (Å²) < 4.78 is 0. The van der Waals surface area contributed by atoms with E-state index in [0.29, 0.717) is 0 Å². The van der Waals surface area contributed by atoms with E-state index >= 15 is 0 Å². The molecule has 0 fully saturated rings. The van der Waals surface area contributed by atoms with Crippen molar-refractivity contribution in [1.82, 2.24) is 0 Å². The van der Waals surface area contributed by atoms with Crippen molar-refractivity contribution in [2.45, 2.75) is 43.4 Å². The van der Waals surface area contributed by atoms with E-state index in [4.69, 9.17) is 23.2 Å². The van der Waals surface area contributed by atoms with Gasteiger partial charge in [0.25, 0.3) is 0 Å². The lowest BCUT2D eigenvalue weighted by atomic mass is 10.0. The van der Waals surface area contributed by atoms with Gasteiger partial charge in [0, 0.05) is 4.87 Å². The van der Waals surface area contributed by atoms with Crippen LogP contribution in [0.5, 0.6) is 0 Å². The van der Waals surface area contributed by atoms with E-state index in [1.54, 1.807) is 0 Å². The van der Waals surface area contributed by atoms with E-state index in [9.17, 15) is 0 Å². The van der Waals surface area contributed by atoms with Crippen molar-refractivity contribution in [3.8, 4) is 0 Å². The Kier molecular flexibility index (Phi) is 4.95. The normalized spacial score (nSPS) is 13.9. The molecule has 2 heteroatoms. The van der Waals surface area contributed by atoms with Crippen LogP contribution in [0.2, 0.25) is 0 Å². The summed E-state index contributed by atoms with van der Waals surface area (Å²) in [7, 11) is 0. The zero-order valence-corrected chi connectivity index (χ0v) is 10.9. The fraction of sp³-hybridized carbons (Fsp3) is 0.538. The molecule has 0 spiro atoms. The van der Waals surface area contributed by atoms with Gasteiger partial charge in [0.2, 0.25) is 0 Å². The van der Waals surface area contributed by atoms with Gasteiger partial charge < -0.3 is 0 Å². The molecule has 1 aromatic rings. The smallest absolute Gasteiger partial charge is 0.0585 e. The highest BCUT2D eigenvalue weighted by Crippen LogP contribution is 2.29. The predicted molar refractivity (Wildman–Crippen MR) is 68.8 cm³/mol. The topological polar surface area (TPSA) is 0 Å². The zero-order chi connectivity index (χ0) is 11.3. The van der Waals surface area contributed by atoms with E-state index in [1.807, 2.05) is 32.0 Å². The lowest BCUT2D eigenvalue weighted by Gasteiger charge is -2.16. The minimum Gasteiger partial charge on any atom is -0.120 e. The molecule has 0 bridgehead atoms. The van der Waals surface area contributed by atoms with Crippen LogP contribution in [-0.2, 0) is 0 Å². The number of hydrogen-bond acceptors (Lipinski definition) is 0. The lowest BCUT2D eigenvalue weighted by molar-refractivity contribution is 0.564. The molecule has 0 heterocycles. The van der Waals surface area contributed by atoms with Crippen LogP contribution in [0.1, 0.15) is 44.1 Å². The van der Waals surface area contributed by atoms with Gasteiger partial charge in [-0.25, -0.2) is 0 Å². The standard InChI is InChI=1S/C13H18Cl2/c1-13(2,15)10-6-9-12(14)11-7-4-3-5-8-11/h3-5,7-8,12H,6,9-10H2,1-2H3. The second kappa shape index (κ2) is 5.77. The molecular formula is C13H18Cl2. The average molecular weight is 245 g/mol. The highest BCUT2D eigenvalue weighted by Gasteiger charge is 2.14. The highest BCUT2D eigenvalue weighted by molar-refractivity contribution is 6.23. The molecule has 0 saturated carbocycles. The van der Waals surface area contributed by atoms with Gasteiger partial charge in [-0.3, -0.25) is 0 Å². The maximum Gasteiger partial charge on any atom is 0.0585 e. The van der Waals surface area contributed by atoms with E-state index in [2.05, 4.69) is 12.1 Å². The van der Waals surface area contributed by atoms with E-state index in [0.717, 1.165) is 19.3 Å². The summed E-state index contributed by atoms with van der Waals surface area (Å²) in [6.07, 6.45) is 3.06. The first-order chi connectivity index (χ1) is 6.99. The van der Waals surface area contributed by atoms with Crippen LogP contribution < -0.4 is 0 Å². The van der Waals surface area contributed by atoms with Crippen molar-refractivity contribution in [3.05, 3.63) is 35.9 Å². The third-order valence-corrected chi connectivity index (χ3v) is 3.05. The van der Waals surface area contributed by atoms with Gasteiger partial charge in [-0.15, -0.1) is 23.2 Å². The van der Waals surface area contributed by atoms with Gasteiger partial charge in [0.15, 0.2) is 0 Å². The van der Waals surface area contributed by atoms with Crippen LogP contribution >= 0.6 is 23.2 Å². The summed E-state index contributed by atoms with van der Waals surface area (Å²) in [6, 6.07) is 10.2. The first-order valence-corrected chi connectivity index (χ1v) is 6.18. The molecule has 84 valence electrons. The molecule has 0 N–H and O–H groups in total. The maximum atomic E-state index is 6.29. The van der Waals surface area contributed by atoms with Crippen molar-refractivity contribution in [3.63, 3.8) is 0 Å². The molecule has 1 rings (SSSR count). The van der Waals surface area contributed by atoms with Gasteiger partial charge in [0.05, 0.1) is 5.38 Å². The Balaban J connectivity index is 2.34. The van der Waals surface area contributed by atoms with Crippen molar-refractivity contribution in [1.29, 1.82) is 0 Å². The van der Waals surface area contributed by atoms with Crippen molar-refractivity contribution < 1.29 is 0 Å². The van der Waals surface area contributed by atoms with E-state index in [-0.39, 0.29) is 10.3 Å². The Morgan fingerprint density at radius 3 is 2.33 bits per heavy atom. The molecule has 0 aliphatic carbocycles.